The van der Waals surface area contributed by atoms with Gasteiger partial charge in [0.25, 0.3) is 5.91 Å². The molecule has 2 aromatic rings. The maximum Gasteiger partial charge on any atom is 0.254 e. The number of aliphatic hydroxyl groups excluding tert-OH is 1. The molecule has 7 nitrogen and oxygen atoms in total. The summed E-state index contributed by atoms with van der Waals surface area (Å²) >= 11 is 0. The lowest BCUT2D eigenvalue weighted by atomic mass is 10.1. The third-order valence-electron chi connectivity index (χ3n) is 4.58. The van der Waals surface area contributed by atoms with Crippen LogP contribution in [-0.4, -0.2) is 74.6 Å². The van der Waals surface area contributed by atoms with Gasteiger partial charge in [-0.3, -0.25) is 9.69 Å². The number of aliphatic hydroxyl groups is 1. The summed E-state index contributed by atoms with van der Waals surface area (Å²) in [6.45, 7) is 5.21. The van der Waals surface area contributed by atoms with Gasteiger partial charge in [-0.15, -0.1) is 5.10 Å². The Labute approximate surface area is 141 Å². The topological polar surface area (TPSA) is 74.5 Å². The molecule has 1 atom stereocenters. The van der Waals surface area contributed by atoms with Crippen molar-refractivity contribution in [3.63, 3.8) is 0 Å². The Morgan fingerprint density at radius 1 is 1.29 bits per heavy atom. The second-order valence-electron chi connectivity index (χ2n) is 5.97. The van der Waals surface area contributed by atoms with E-state index in [1.54, 1.807) is 17.1 Å². The van der Waals surface area contributed by atoms with Crippen molar-refractivity contribution in [2.24, 2.45) is 0 Å². The Kier molecular flexibility index (Phi) is 5.22. The van der Waals surface area contributed by atoms with Gasteiger partial charge in [-0.1, -0.05) is 18.2 Å². The smallest absolute Gasteiger partial charge is 0.254 e. The van der Waals surface area contributed by atoms with Crippen molar-refractivity contribution < 1.29 is 9.90 Å². The second-order valence-corrected chi connectivity index (χ2v) is 5.97. The van der Waals surface area contributed by atoms with Crippen molar-refractivity contribution in [2.75, 3.05) is 32.8 Å². The van der Waals surface area contributed by atoms with Crippen molar-refractivity contribution in [3.05, 3.63) is 42.2 Å². The number of nitrogens with zero attached hydrogens (tertiary/aromatic N) is 5. The molecule has 1 fully saturated rings. The summed E-state index contributed by atoms with van der Waals surface area (Å²) in [7, 11) is 0. The van der Waals surface area contributed by atoms with E-state index in [0.29, 0.717) is 18.7 Å². The van der Waals surface area contributed by atoms with E-state index >= 15 is 0 Å². The SMILES string of the molecule is CCC(CO)N1CCN(C(=O)c2cccc(-n3ccnn3)c2)CC1. The summed E-state index contributed by atoms with van der Waals surface area (Å²) in [5, 5.41) is 17.2. The number of carbonyl (C=O) groups is 1. The van der Waals surface area contributed by atoms with E-state index in [1.165, 1.54) is 0 Å². The molecule has 0 bridgehead atoms. The first-order valence-corrected chi connectivity index (χ1v) is 8.34. The van der Waals surface area contributed by atoms with E-state index in [0.717, 1.165) is 25.2 Å². The molecule has 1 aromatic carbocycles. The summed E-state index contributed by atoms with van der Waals surface area (Å²) in [5.74, 6) is 0.0358. The lowest BCUT2D eigenvalue weighted by Gasteiger charge is -2.38. The Morgan fingerprint density at radius 3 is 2.71 bits per heavy atom. The molecule has 0 aliphatic carbocycles. The molecule has 128 valence electrons. The highest BCUT2D eigenvalue weighted by atomic mass is 16.3. The fraction of sp³-hybridized carbons (Fsp3) is 0.471. The first-order chi connectivity index (χ1) is 11.7. The van der Waals surface area contributed by atoms with Crippen LogP contribution in [0.15, 0.2) is 36.7 Å². The molecule has 0 saturated carbocycles. The molecule has 0 radical (unpaired) electrons. The molecular weight excluding hydrogens is 306 g/mol. The second kappa shape index (κ2) is 7.55. The zero-order valence-electron chi connectivity index (χ0n) is 13.9. The van der Waals surface area contributed by atoms with E-state index in [-0.39, 0.29) is 18.6 Å². The Morgan fingerprint density at radius 2 is 2.08 bits per heavy atom. The molecule has 1 unspecified atom stereocenters. The van der Waals surface area contributed by atoms with Crippen molar-refractivity contribution in [1.29, 1.82) is 0 Å². The number of amides is 1. The zero-order chi connectivity index (χ0) is 16.9. The van der Waals surface area contributed by atoms with Crippen molar-refractivity contribution >= 4 is 5.91 Å². The number of carbonyl (C=O) groups excluding carboxylic acids is 1. The molecule has 1 aromatic heterocycles. The van der Waals surface area contributed by atoms with Crippen molar-refractivity contribution in [3.8, 4) is 5.69 Å². The predicted octanol–water partition coefficient (Wildman–Crippen LogP) is 0.796. The molecule has 1 aliphatic heterocycles. The molecule has 2 heterocycles. The number of benzene rings is 1. The molecule has 1 saturated heterocycles. The Hall–Kier alpha value is -2.25. The van der Waals surface area contributed by atoms with Gasteiger partial charge in [-0.05, 0) is 24.6 Å². The Balaban J connectivity index is 1.67. The van der Waals surface area contributed by atoms with Crippen LogP contribution in [0.25, 0.3) is 5.69 Å². The van der Waals surface area contributed by atoms with Crippen LogP contribution >= 0.6 is 0 Å². The predicted molar refractivity (Wildman–Crippen MR) is 90.0 cm³/mol. The maximum absolute atomic E-state index is 12.7. The summed E-state index contributed by atoms with van der Waals surface area (Å²) in [6, 6.07) is 7.62. The minimum atomic E-state index is 0.0358. The van der Waals surface area contributed by atoms with Gasteiger partial charge in [0, 0.05) is 37.8 Å². The molecule has 1 N–H and O–H groups in total. The lowest BCUT2D eigenvalue weighted by Crippen LogP contribution is -2.52. The van der Waals surface area contributed by atoms with Crippen LogP contribution in [0.2, 0.25) is 0 Å². The van der Waals surface area contributed by atoms with E-state index < -0.39 is 0 Å². The third kappa shape index (κ3) is 3.47. The number of hydrogen-bond donors (Lipinski definition) is 1. The summed E-state index contributed by atoms with van der Waals surface area (Å²) < 4.78 is 1.64. The summed E-state index contributed by atoms with van der Waals surface area (Å²) in [4.78, 5) is 16.9. The minimum absolute atomic E-state index is 0.0358. The van der Waals surface area contributed by atoms with Gasteiger partial charge in [0.1, 0.15) is 0 Å². The average molecular weight is 329 g/mol. The van der Waals surface area contributed by atoms with Crippen LogP contribution in [0, 0.1) is 0 Å². The molecule has 7 heteroatoms. The molecule has 1 aliphatic rings. The van der Waals surface area contributed by atoms with Crippen LogP contribution in [0.5, 0.6) is 0 Å². The zero-order valence-corrected chi connectivity index (χ0v) is 13.9. The van der Waals surface area contributed by atoms with Gasteiger partial charge in [-0.25, -0.2) is 4.68 Å². The highest BCUT2D eigenvalue weighted by Gasteiger charge is 2.25. The monoisotopic (exact) mass is 329 g/mol. The van der Waals surface area contributed by atoms with Gasteiger partial charge in [0.2, 0.25) is 0 Å². The Bertz CT molecular complexity index is 661. The molecule has 3 rings (SSSR count). The third-order valence-corrected chi connectivity index (χ3v) is 4.58. The van der Waals surface area contributed by atoms with Gasteiger partial charge in [0.15, 0.2) is 0 Å². The first-order valence-electron chi connectivity index (χ1n) is 8.34. The van der Waals surface area contributed by atoms with E-state index in [1.807, 2.05) is 29.2 Å². The van der Waals surface area contributed by atoms with Crippen molar-refractivity contribution in [1.82, 2.24) is 24.8 Å². The highest BCUT2D eigenvalue weighted by Crippen LogP contribution is 2.15. The largest absolute Gasteiger partial charge is 0.395 e. The van der Waals surface area contributed by atoms with E-state index in [9.17, 15) is 9.90 Å². The van der Waals surface area contributed by atoms with Gasteiger partial charge >= 0.3 is 0 Å². The van der Waals surface area contributed by atoms with Gasteiger partial charge in [-0.2, -0.15) is 0 Å². The maximum atomic E-state index is 12.7. The summed E-state index contributed by atoms with van der Waals surface area (Å²) in [6.07, 6.45) is 4.28. The van der Waals surface area contributed by atoms with Gasteiger partial charge < -0.3 is 10.0 Å². The van der Waals surface area contributed by atoms with Crippen molar-refractivity contribution in [2.45, 2.75) is 19.4 Å². The van der Waals surface area contributed by atoms with Crippen LogP contribution in [0.4, 0.5) is 0 Å². The number of rotatable bonds is 5. The van der Waals surface area contributed by atoms with Crippen LogP contribution < -0.4 is 0 Å². The molecular formula is C17H23N5O2. The minimum Gasteiger partial charge on any atom is -0.395 e. The molecule has 1 amide bonds. The quantitative estimate of drug-likeness (QED) is 0.878. The first kappa shape index (κ1) is 16.6. The van der Waals surface area contributed by atoms with Crippen LogP contribution in [0.3, 0.4) is 0 Å². The fourth-order valence-electron chi connectivity index (χ4n) is 3.10. The lowest BCUT2D eigenvalue weighted by molar-refractivity contribution is 0.0472. The van der Waals surface area contributed by atoms with Crippen LogP contribution in [0.1, 0.15) is 23.7 Å². The number of piperazine rings is 1. The molecule has 0 spiro atoms. The molecule has 24 heavy (non-hydrogen) atoms. The highest BCUT2D eigenvalue weighted by molar-refractivity contribution is 5.94. The average Bonchev–Trinajstić information content (AvgIpc) is 3.18. The standard InChI is InChI=1S/C17H23N5O2/c1-2-15(13-23)20-8-10-21(11-9-20)17(24)14-4-3-5-16(12-14)22-7-6-18-19-22/h3-7,12,15,23H,2,8-11,13H2,1H3. The normalized spacial score (nSPS) is 17.0. The van der Waals surface area contributed by atoms with Gasteiger partial charge in [0.05, 0.1) is 24.7 Å². The number of hydrogen-bond acceptors (Lipinski definition) is 5. The number of aromatic nitrogens is 3. The van der Waals surface area contributed by atoms with Crippen LogP contribution in [-0.2, 0) is 0 Å². The summed E-state index contributed by atoms with van der Waals surface area (Å²) in [5.41, 5.74) is 1.48. The van der Waals surface area contributed by atoms with E-state index in [2.05, 4.69) is 22.1 Å². The fourth-order valence-corrected chi connectivity index (χ4v) is 3.10. The van der Waals surface area contributed by atoms with E-state index in [4.69, 9.17) is 0 Å².